The molecule has 0 spiro atoms. The SMILES string of the molecule is COc1ccc(C(=O)N(Cc2cccc(-c3cccc(C(=O)[O-])c3)c2)c2ccccc2)cc1.[Na+]. The Balaban J connectivity index is 0.00000324. The number of anilines is 1. The molecule has 1 amide bonds. The van der Waals surface area contributed by atoms with Gasteiger partial charge >= 0.3 is 29.6 Å². The summed E-state index contributed by atoms with van der Waals surface area (Å²) in [5, 5.41) is 11.2. The van der Waals surface area contributed by atoms with E-state index in [0.29, 0.717) is 17.9 Å². The third kappa shape index (κ3) is 5.94. The number of rotatable bonds is 7. The van der Waals surface area contributed by atoms with Gasteiger partial charge in [0.1, 0.15) is 5.75 Å². The van der Waals surface area contributed by atoms with Crippen LogP contribution >= 0.6 is 0 Å². The molecule has 0 aliphatic heterocycles. The molecule has 0 saturated heterocycles. The Bertz CT molecular complexity index is 1270. The van der Waals surface area contributed by atoms with Gasteiger partial charge in [-0.3, -0.25) is 4.79 Å². The van der Waals surface area contributed by atoms with Crippen molar-refractivity contribution in [2.45, 2.75) is 6.54 Å². The van der Waals surface area contributed by atoms with E-state index in [4.69, 9.17) is 4.74 Å². The molecular formula is C28H22NNaO4. The second-order valence-corrected chi connectivity index (χ2v) is 7.52. The standard InChI is InChI=1S/C28H23NO4.Na/c1-33-26-15-13-21(14-16-26)27(30)29(25-11-3-2-4-12-25)19-20-7-5-8-22(17-20)23-9-6-10-24(18-23)28(31)32;/h2-18H,19H2,1H3,(H,31,32);/q;+1/p-1. The van der Waals surface area contributed by atoms with Gasteiger partial charge in [0.25, 0.3) is 5.91 Å². The molecule has 0 saturated carbocycles. The summed E-state index contributed by atoms with van der Waals surface area (Å²) in [7, 11) is 1.59. The van der Waals surface area contributed by atoms with Crippen molar-refractivity contribution >= 4 is 17.6 Å². The molecule has 164 valence electrons. The van der Waals surface area contributed by atoms with Gasteiger partial charge in [-0.2, -0.15) is 0 Å². The molecule has 0 bridgehead atoms. The van der Waals surface area contributed by atoms with Crippen LogP contribution < -0.4 is 44.3 Å². The Morgan fingerprint density at radius 1 is 0.765 bits per heavy atom. The van der Waals surface area contributed by atoms with Gasteiger partial charge in [0.05, 0.1) is 19.6 Å². The summed E-state index contributed by atoms with van der Waals surface area (Å²) in [4.78, 5) is 26.4. The third-order valence-corrected chi connectivity index (χ3v) is 5.35. The summed E-state index contributed by atoms with van der Waals surface area (Å²) in [6.07, 6.45) is 0. The minimum absolute atomic E-state index is 0. The Morgan fingerprint density at radius 3 is 2.06 bits per heavy atom. The van der Waals surface area contributed by atoms with Gasteiger partial charge in [-0.15, -0.1) is 0 Å². The van der Waals surface area contributed by atoms with E-state index in [1.54, 1.807) is 48.4 Å². The maximum absolute atomic E-state index is 13.4. The molecule has 6 heteroatoms. The first-order valence-electron chi connectivity index (χ1n) is 10.5. The molecule has 0 aromatic heterocycles. The van der Waals surface area contributed by atoms with Crippen LogP contribution in [0.1, 0.15) is 26.3 Å². The van der Waals surface area contributed by atoms with Crippen molar-refractivity contribution in [1.29, 1.82) is 0 Å². The molecule has 34 heavy (non-hydrogen) atoms. The van der Waals surface area contributed by atoms with Gasteiger partial charge in [0.15, 0.2) is 0 Å². The zero-order valence-corrected chi connectivity index (χ0v) is 21.1. The van der Waals surface area contributed by atoms with E-state index in [1.807, 2.05) is 60.7 Å². The average Bonchev–Trinajstić information content (AvgIpc) is 2.87. The Hall–Kier alpha value is -3.38. The fourth-order valence-electron chi connectivity index (χ4n) is 3.64. The van der Waals surface area contributed by atoms with Crippen LogP contribution in [0, 0.1) is 0 Å². The van der Waals surface area contributed by atoms with Crippen molar-refractivity contribution in [3.8, 4) is 16.9 Å². The van der Waals surface area contributed by atoms with E-state index in [9.17, 15) is 14.7 Å². The summed E-state index contributed by atoms with van der Waals surface area (Å²) in [5.41, 5.74) is 4.00. The van der Waals surface area contributed by atoms with E-state index < -0.39 is 5.97 Å². The van der Waals surface area contributed by atoms with E-state index >= 15 is 0 Å². The summed E-state index contributed by atoms with van der Waals surface area (Å²) < 4.78 is 5.20. The molecule has 0 aliphatic rings. The smallest absolute Gasteiger partial charge is 0.545 e. The monoisotopic (exact) mass is 459 g/mol. The number of benzene rings is 4. The van der Waals surface area contributed by atoms with Gasteiger partial charge < -0.3 is 19.5 Å². The van der Waals surface area contributed by atoms with E-state index in [0.717, 1.165) is 22.4 Å². The van der Waals surface area contributed by atoms with Crippen molar-refractivity contribution in [2.24, 2.45) is 0 Å². The normalized spacial score (nSPS) is 10.1. The Morgan fingerprint density at radius 2 is 1.41 bits per heavy atom. The summed E-state index contributed by atoms with van der Waals surface area (Å²) in [5.74, 6) is -0.661. The number of nitrogens with zero attached hydrogens (tertiary/aromatic N) is 1. The average molecular weight is 459 g/mol. The quantitative estimate of drug-likeness (QED) is 0.394. The van der Waals surface area contributed by atoms with Gasteiger partial charge in [-0.1, -0.05) is 54.6 Å². The molecule has 0 fully saturated rings. The molecule has 5 nitrogen and oxygen atoms in total. The van der Waals surface area contributed by atoms with Crippen LogP contribution in [0.25, 0.3) is 11.1 Å². The fourth-order valence-corrected chi connectivity index (χ4v) is 3.64. The van der Waals surface area contributed by atoms with Crippen molar-refractivity contribution in [3.63, 3.8) is 0 Å². The number of carbonyl (C=O) groups is 2. The first-order chi connectivity index (χ1) is 16.0. The first kappa shape index (κ1) is 25.2. The number of hydrogen-bond acceptors (Lipinski definition) is 4. The predicted molar refractivity (Wildman–Crippen MR) is 126 cm³/mol. The summed E-state index contributed by atoms with van der Waals surface area (Å²) >= 11 is 0. The number of carboxylic acids is 1. The van der Waals surface area contributed by atoms with Crippen molar-refractivity contribution in [2.75, 3.05) is 12.0 Å². The molecule has 0 unspecified atom stereocenters. The number of aromatic carboxylic acids is 1. The number of carboxylic acid groups (broad SMARTS) is 1. The van der Waals surface area contributed by atoms with Gasteiger partial charge in [-0.05, 0) is 70.8 Å². The predicted octanol–water partition coefficient (Wildman–Crippen LogP) is 1.58. The van der Waals surface area contributed by atoms with E-state index in [-0.39, 0.29) is 41.0 Å². The second kappa shape index (κ2) is 11.7. The van der Waals surface area contributed by atoms with Crippen LogP contribution in [0.15, 0.2) is 103 Å². The van der Waals surface area contributed by atoms with Gasteiger partial charge in [0.2, 0.25) is 0 Å². The third-order valence-electron chi connectivity index (χ3n) is 5.35. The van der Waals surface area contributed by atoms with Crippen LogP contribution in [0.3, 0.4) is 0 Å². The van der Waals surface area contributed by atoms with Crippen molar-refractivity contribution < 1.29 is 49.0 Å². The number of methoxy groups -OCH3 is 1. The number of carbonyl (C=O) groups excluding carboxylic acids is 2. The molecule has 4 aromatic carbocycles. The second-order valence-electron chi connectivity index (χ2n) is 7.52. The zero-order chi connectivity index (χ0) is 23.2. The van der Waals surface area contributed by atoms with Crippen molar-refractivity contribution in [1.82, 2.24) is 0 Å². The minimum atomic E-state index is -1.21. The van der Waals surface area contributed by atoms with Crippen LogP contribution in [0.2, 0.25) is 0 Å². The minimum Gasteiger partial charge on any atom is -0.545 e. The molecule has 0 N–H and O–H groups in total. The maximum atomic E-state index is 13.4. The van der Waals surface area contributed by atoms with E-state index in [2.05, 4.69) is 0 Å². The van der Waals surface area contributed by atoms with Crippen LogP contribution in [-0.4, -0.2) is 19.0 Å². The summed E-state index contributed by atoms with van der Waals surface area (Å²) in [6, 6.07) is 30.9. The molecule has 4 aromatic rings. The molecule has 4 rings (SSSR count). The molecule has 0 radical (unpaired) electrons. The first-order valence-corrected chi connectivity index (χ1v) is 10.5. The largest absolute Gasteiger partial charge is 1.00 e. The maximum Gasteiger partial charge on any atom is 1.00 e. The number of para-hydroxylation sites is 1. The summed E-state index contributed by atoms with van der Waals surface area (Å²) in [6.45, 7) is 0.350. The topological polar surface area (TPSA) is 69.7 Å². The molecule has 0 atom stereocenters. The van der Waals surface area contributed by atoms with Crippen molar-refractivity contribution in [3.05, 3.63) is 120 Å². The number of hydrogen-bond donors (Lipinski definition) is 0. The number of ether oxygens (including phenoxy) is 1. The van der Waals surface area contributed by atoms with Gasteiger partial charge in [-0.25, -0.2) is 0 Å². The Labute approximate surface area is 220 Å². The zero-order valence-electron chi connectivity index (χ0n) is 19.1. The Kier molecular flexibility index (Phi) is 8.66. The number of amides is 1. The fraction of sp³-hybridized carbons (Fsp3) is 0.0714. The molecular weight excluding hydrogens is 437 g/mol. The molecule has 0 aliphatic carbocycles. The van der Waals surface area contributed by atoms with Gasteiger partial charge in [0, 0.05) is 11.3 Å². The van der Waals surface area contributed by atoms with Crippen LogP contribution in [-0.2, 0) is 6.54 Å². The van der Waals surface area contributed by atoms with E-state index in [1.165, 1.54) is 6.07 Å². The van der Waals surface area contributed by atoms with Crippen LogP contribution in [0.5, 0.6) is 5.75 Å². The van der Waals surface area contributed by atoms with Crippen LogP contribution in [0.4, 0.5) is 5.69 Å². The molecule has 0 heterocycles.